The summed E-state index contributed by atoms with van der Waals surface area (Å²) in [6.07, 6.45) is 3.24. The summed E-state index contributed by atoms with van der Waals surface area (Å²) >= 11 is 0. The SMILES string of the molecule is CCn1ncc(-c2cc(C(=O)NC(C)CCc3ccc(OC)cc3OC)on2)c1C. The van der Waals surface area contributed by atoms with Gasteiger partial charge >= 0.3 is 0 Å². The van der Waals surface area contributed by atoms with Crippen molar-refractivity contribution in [2.45, 2.75) is 46.2 Å². The van der Waals surface area contributed by atoms with Crippen LogP contribution < -0.4 is 14.8 Å². The fourth-order valence-electron chi connectivity index (χ4n) is 3.32. The number of nitrogens with zero attached hydrogens (tertiary/aromatic N) is 3. The van der Waals surface area contributed by atoms with Gasteiger partial charge in [-0.1, -0.05) is 11.2 Å². The summed E-state index contributed by atoms with van der Waals surface area (Å²) in [5.74, 6) is 1.42. The third kappa shape index (κ3) is 4.64. The Kier molecular flexibility index (Phi) is 6.76. The van der Waals surface area contributed by atoms with Crippen LogP contribution in [-0.2, 0) is 13.0 Å². The molecule has 1 N–H and O–H groups in total. The van der Waals surface area contributed by atoms with Crippen LogP contribution in [0.5, 0.6) is 11.5 Å². The van der Waals surface area contributed by atoms with Gasteiger partial charge < -0.3 is 19.3 Å². The summed E-state index contributed by atoms with van der Waals surface area (Å²) < 4.78 is 17.8. The molecule has 8 heteroatoms. The van der Waals surface area contributed by atoms with Gasteiger partial charge in [-0.15, -0.1) is 0 Å². The maximum absolute atomic E-state index is 12.6. The summed E-state index contributed by atoms with van der Waals surface area (Å²) in [4.78, 5) is 12.6. The van der Waals surface area contributed by atoms with Crippen LogP contribution >= 0.6 is 0 Å². The summed E-state index contributed by atoms with van der Waals surface area (Å²) in [7, 11) is 3.26. The van der Waals surface area contributed by atoms with E-state index in [4.69, 9.17) is 14.0 Å². The number of amides is 1. The van der Waals surface area contributed by atoms with Gasteiger partial charge in [-0.2, -0.15) is 5.10 Å². The van der Waals surface area contributed by atoms with Crippen LogP contribution in [0.3, 0.4) is 0 Å². The number of aryl methyl sites for hydroxylation is 2. The normalized spacial score (nSPS) is 11.9. The van der Waals surface area contributed by atoms with Crippen LogP contribution in [0.1, 0.15) is 42.1 Å². The van der Waals surface area contributed by atoms with Gasteiger partial charge in [-0.3, -0.25) is 9.48 Å². The highest BCUT2D eigenvalue weighted by molar-refractivity contribution is 5.92. The minimum atomic E-state index is -0.288. The molecule has 0 saturated heterocycles. The lowest BCUT2D eigenvalue weighted by atomic mass is 10.0. The van der Waals surface area contributed by atoms with E-state index < -0.39 is 0 Å². The molecule has 0 aliphatic carbocycles. The first-order valence-corrected chi connectivity index (χ1v) is 9.98. The van der Waals surface area contributed by atoms with Crippen molar-refractivity contribution in [1.82, 2.24) is 20.3 Å². The molecule has 30 heavy (non-hydrogen) atoms. The molecule has 2 aromatic heterocycles. The van der Waals surface area contributed by atoms with Crippen molar-refractivity contribution < 1.29 is 18.8 Å². The fourth-order valence-corrected chi connectivity index (χ4v) is 3.32. The number of nitrogens with one attached hydrogen (secondary N) is 1. The number of benzene rings is 1. The monoisotopic (exact) mass is 412 g/mol. The third-order valence-corrected chi connectivity index (χ3v) is 5.13. The first-order valence-electron chi connectivity index (χ1n) is 9.98. The largest absolute Gasteiger partial charge is 0.497 e. The molecule has 1 atom stereocenters. The van der Waals surface area contributed by atoms with Gasteiger partial charge in [-0.25, -0.2) is 0 Å². The molecule has 1 unspecified atom stereocenters. The molecule has 0 radical (unpaired) electrons. The molecule has 0 bridgehead atoms. The second kappa shape index (κ2) is 9.47. The minimum absolute atomic E-state index is 0.0533. The smallest absolute Gasteiger partial charge is 0.290 e. The van der Waals surface area contributed by atoms with E-state index in [0.717, 1.165) is 47.7 Å². The van der Waals surface area contributed by atoms with Gasteiger partial charge in [0.2, 0.25) is 5.76 Å². The van der Waals surface area contributed by atoms with E-state index in [1.165, 1.54) is 0 Å². The second-order valence-corrected chi connectivity index (χ2v) is 7.13. The lowest BCUT2D eigenvalue weighted by Gasteiger charge is -2.14. The average molecular weight is 412 g/mol. The standard InChI is InChI=1S/C22H28N4O4/c1-6-26-15(3)18(13-23-26)19-12-21(30-25-19)22(27)24-14(2)7-8-16-9-10-17(28-4)11-20(16)29-5/h9-14H,6-8H2,1-5H3,(H,24,27). The van der Waals surface area contributed by atoms with Crippen molar-refractivity contribution in [3.05, 3.63) is 47.5 Å². The molecular formula is C22H28N4O4. The molecule has 1 aromatic carbocycles. The van der Waals surface area contributed by atoms with E-state index in [0.29, 0.717) is 5.69 Å². The molecule has 0 aliphatic rings. The topological polar surface area (TPSA) is 91.4 Å². The van der Waals surface area contributed by atoms with Crippen LogP contribution in [0.4, 0.5) is 0 Å². The van der Waals surface area contributed by atoms with Crippen LogP contribution in [0, 0.1) is 6.92 Å². The lowest BCUT2D eigenvalue weighted by molar-refractivity contribution is 0.0901. The summed E-state index contributed by atoms with van der Waals surface area (Å²) in [5.41, 5.74) is 3.51. The van der Waals surface area contributed by atoms with Gasteiger partial charge in [0.25, 0.3) is 5.91 Å². The highest BCUT2D eigenvalue weighted by Gasteiger charge is 2.19. The Bertz CT molecular complexity index is 1010. The lowest BCUT2D eigenvalue weighted by Crippen LogP contribution is -2.32. The van der Waals surface area contributed by atoms with E-state index in [1.54, 1.807) is 26.5 Å². The zero-order valence-corrected chi connectivity index (χ0v) is 18.1. The van der Waals surface area contributed by atoms with Gasteiger partial charge in [0.05, 0.1) is 20.4 Å². The van der Waals surface area contributed by atoms with Crippen LogP contribution in [0.15, 0.2) is 35.0 Å². The molecule has 0 saturated carbocycles. The Balaban J connectivity index is 1.60. The molecule has 3 rings (SSSR count). The number of rotatable bonds is 9. The molecule has 8 nitrogen and oxygen atoms in total. The molecule has 2 heterocycles. The van der Waals surface area contributed by atoms with E-state index in [9.17, 15) is 4.79 Å². The molecule has 0 spiro atoms. The zero-order valence-electron chi connectivity index (χ0n) is 18.1. The third-order valence-electron chi connectivity index (χ3n) is 5.13. The van der Waals surface area contributed by atoms with Crippen molar-refractivity contribution in [3.63, 3.8) is 0 Å². The molecule has 1 amide bonds. The van der Waals surface area contributed by atoms with E-state index in [-0.39, 0.29) is 17.7 Å². The fraction of sp³-hybridized carbons (Fsp3) is 0.409. The van der Waals surface area contributed by atoms with Crippen LogP contribution in [-0.4, -0.2) is 41.1 Å². The molecule has 0 aliphatic heterocycles. The van der Waals surface area contributed by atoms with Crippen LogP contribution in [0.25, 0.3) is 11.3 Å². The Morgan fingerprint density at radius 3 is 2.73 bits per heavy atom. The van der Waals surface area contributed by atoms with Gasteiger partial charge in [0, 0.05) is 36.0 Å². The predicted molar refractivity (Wildman–Crippen MR) is 113 cm³/mol. The molecule has 3 aromatic rings. The Morgan fingerprint density at radius 2 is 2.07 bits per heavy atom. The Morgan fingerprint density at radius 1 is 1.27 bits per heavy atom. The average Bonchev–Trinajstić information content (AvgIpc) is 3.38. The van der Waals surface area contributed by atoms with E-state index in [2.05, 4.69) is 15.6 Å². The number of ether oxygens (including phenoxy) is 2. The number of hydrogen-bond acceptors (Lipinski definition) is 6. The number of methoxy groups -OCH3 is 2. The first kappa shape index (κ1) is 21.4. The van der Waals surface area contributed by atoms with Crippen molar-refractivity contribution >= 4 is 5.91 Å². The van der Waals surface area contributed by atoms with Crippen molar-refractivity contribution in [2.24, 2.45) is 0 Å². The summed E-state index contributed by atoms with van der Waals surface area (Å²) in [6, 6.07) is 7.34. The van der Waals surface area contributed by atoms with Gasteiger partial charge in [0.15, 0.2) is 0 Å². The molecule has 160 valence electrons. The van der Waals surface area contributed by atoms with E-state index >= 15 is 0 Å². The maximum Gasteiger partial charge on any atom is 0.290 e. The van der Waals surface area contributed by atoms with Crippen LogP contribution in [0.2, 0.25) is 0 Å². The number of carbonyl (C=O) groups is 1. The second-order valence-electron chi connectivity index (χ2n) is 7.13. The Labute approximate surface area is 176 Å². The number of carbonyl (C=O) groups excluding carboxylic acids is 1. The number of aromatic nitrogens is 3. The summed E-state index contributed by atoms with van der Waals surface area (Å²) in [5, 5.41) is 11.3. The highest BCUT2D eigenvalue weighted by Crippen LogP contribution is 2.26. The maximum atomic E-state index is 12.6. The number of hydrogen-bond donors (Lipinski definition) is 1. The first-order chi connectivity index (χ1) is 14.5. The predicted octanol–water partition coefficient (Wildman–Crippen LogP) is 3.63. The van der Waals surface area contributed by atoms with Gasteiger partial charge in [-0.05, 0) is 45.2 Å². The minimum Gasteiger partial charge on any atom is -0.497 e. The van der Waals surface area contributed by atoms with Gasteiger partial charge in [0.1, 0.15) is 17.2 Å². The summed E-state index contributed by atoms with van der Waals surface area (Å²) in [6.45, 7) is 6.72. The van der Waals surface area contributed by atoms with E-state index in [1.807, 2.05) is 43.7 Å². The van der Waals surface area contributed by atoms with Crippen molar-refractivity contribution in [3.8, 4) is 22.8 Å². The molecular weight excluding hydrogens is 384 g/mol. The highest BCUT2D eigenvalue weighted by atomic mass is 16.5. The molecule has 0 fully saturated rings. The van der Waals surface area contributed by atoms with Crippen molar-refractivity contribution in [1.29, 1.82) is 0 Å². The Hall–Kier alpha value is -3.29. The quantitative estimate of drug-likeness (QED) is 0.577. The zero-order chi connectivity index (χ0) is 21.7. The van der Waals surface area contributed by atoms with Crippen molar-refractivity contribution in [2.75, 3.05) is 14.2 Å².